The van der Waals surface area contributed by atoms with Gasteiger partial charge in [0.05, 0.1) is 17.3 Å². The Morgan fingerprint density at radius 1 is 1.26 bits per heavy atom. The SMILES string of the molecule is ClC1(N2CCNCC2)C=CCC2=Nc3ccc(Br)cc3N=CC21. The highest BCUT2D eigenvalue weighted by atomic mass is 79.9. The van der Waals surface area contributed by atoms with Crippen LogP contribution < -0.4 is 5.32 Å². The maximum Gasteiger partial charge on any atom is 0.128 e. The van der Waals surface area contributed by atoms with E-state index >= 15 is 0 Å². The van der Waals surface area contributed by atoms with Gasteiger partial charge in [-0.1, -0.05) is 39.7 Å². The minimum Gasteiger partial charge on any atom is -0.314 e. The Morgan fingerprint density at radius 3 is 2.91 bits per heavy atom. The van der Waals surface area contributed by atoms with Gasteiger partial charge in [-0.3, -0.25) is 14.9 Å². The third-order valence-electron chi connectivity index (χ3n) is 4.64. The van der Waals surface area contributed by atoms with E-state index in [1.807, 2.05) is 24.4 Å². The first-order chi connectivity index (χ1) is 11.2. The number of piperazine rings is 1. The van der Waals surface area contributed by atoms with Gasteiger partial charge in [-0.2, -0.15) is 0 Å². The third kappa shape index (κ3) is 2.80. The number of nitrogens with one attached hydrogen (secondary N) is 1. The quantitative estimate of drug-likeness (QED) is 0.449. The molecule has 1 fully saturated rings. The van der Waals surface area contributed by atoms with Gasteiger partial charge in [-0.25, -0.2) is 0 Å². The van der Waals surface area contributed by atoms with Crippen molar-refractivity contribution >= 4 is 50.8 Å². The van der Waals surface area contributed by atoms with Gasteiger partial charge in [-0.05, 0) is 18.2 Å². The van der Waals surface area contributed by atoms with Crippen molar-refractivity contribution < 1.29 is 0 Å². The molecule has 4 nitrogen and oxygen atoms in total. The highest BCUT2D eigenvalue weighted by molar-refractivity contribution is 9.10. The summed E-state index contributed by atoms with van der Waals surface area (Å²) in [5.74, 6) is -0.00144. The fourth-order valence-corrected chi connectivity index (χ4v) is 4.22. The second-order valence-electron chi connectivity index (χ2n) is 6.06. The molecular formula is C17H18BrClN4. The fourth-order valence-electron chi connectivity index (χ4n) is 3.43. The van der Waals surface area contributed by atoms with Gasteiger partial charge in [0.1, 0.15) is 5.00 Å². The molecule has 1 aromatic rings. The van der Waals surface area contributed by atoms with E-state index in [1.54, 1.807) is 0 Å². The summed E-state index contributed by atoms with van der Waals surface area (Å²) in [7, 11) is 0. The average molecular weight is 394 g/mol. The number of alkyl halides is 1. The smallest absolute Gasteiger partial charge is 0.128 e. The molecule has 0 radical (unpaired) electrons. The van der Waals surface area contributed by atoms with Gasteiger partial charge in [0.15, 0.2) is 0 Å². The molecule has 1 aromatic carbocycles. The van der Waals surface area contributed by atoms with Crippen molar-refractivity contribution in [3.05, 3.63) is 34.8 Å². The minimum absolute atomic E-state index is 0.00144. The van der Waals surface area contributed by atoms with Crippen LogP contribution in [0.25, 0.3) is 0 Å². The van der Waals surface area contributed by atoms with Crippen LogP contribution >= 0.6 is 27.5 Å². The Kier molecular flexibility index (Phi) is 4.13. The molecule has 1 N–H and O–H groups in total. The van der Waals surface area contributed by atoms with Crippen molar-refractivity contribution in [3.63, 3.8) is 0 Å². The highest BCUT2D eigenvalue weighted by Crippen LogP contribution is 2.41. The highest BCUT2D eigenvalue weighted by Gasteiger charge is 2.44. The van der Waals surface area contributed by atoms with Crippen LogP contribution in [-0.4, -0.2) is 48.0 Å². The molecule has 6 heteroatoms. The maximum absolute atomic E-state index is 7.10. The standard InChI is InChI=1S/C17H18BrClN4/c18-12-3-4-15-16(10-12)21-11-13-14(22-15)2-1-5-17(13,19)23-8-6-20-7-9-23/h1,3-5,10-11,13,20H,2,6-9H2. The lowest BCUT2D eigenvalue weighted by molar-refractivity contribution is 0.163. The molecule has 3 aliphatic rings. The normalized spacial score (nSPS) is 30.3. The molecule has 2 aliphatic heterocycles. The van der Waals surface area contributed by atoms with Crippen LogP contribution in [0.4, 0.5) is 11.4 Å². The number of rotatable bonds is 1. The minimum atomic E-state index is -0.568. The number of halogens is 2. The molecule has 2 atom stereocenters. The second-order valence-corrected chi connectivity index (χ2v) is 7.58. The van der Waals surface area contributed by atoms with Gasteiger partial charge < -0.3 is 5.32 Å². The molecule has 120 valence electrons. The van der Waals surface area contributed by atoms with Crippen molar-refractivity contribution in [3.8, 4) is 0 Å². The van der Waals surface area contributed by atoms with E-state index in [2.05, 4.69) is 38.3 Å². The summed E-state index contributed by atoms with van der Waals surface area (Å²) in [6.07, 6.45) is 7.08. The zero-order valence-corrected chi connectivity index (χ0v) is 15.0. The number of fused-ring (bicyclic) bond motifs is 2. The van der Waals surface area contributed by atoms with Crippen molar-refractivity contribution in [2.24, 2.45) is 15.9 Å². The lowest BCUT2D eigenvalue weighted by Gasteiger charge is -2.45. The summed E-state index contributed by atoms with van der Waals surface area (Å²) in [6, 6.07) is 6.01. The number of hydrogen-bond acceptors (Lipinski definition) is 4. The van der Waals surface area contributed by atoms with E-state index in [9.17, 15) is 0 Å². The molecule has 0 spiro atoms. The number of allylic oxidation sites excluding steroid dienone is 1. The number of aliphatic imine (C=N–C) groups is 2. The van der Waals surface area contributed by atoms with Crippen LogP contribution in [0.3, 0.4) is 0 Å². The Hall–Kier alpha value is -1.01. The fraction of sp³-hybridized carbons (Fsp3) is 0.412. The number of hydrogen-bond donors (Lipinski definition) is 1. The van der Waals surface area contributed by atoms with Crippen LogP contribution in [0.1, 0.15) is 6.42 Å². The van der Waals surface area contributed by atoms with Gasteiger partial charge in [0, 0.05) is 49.0 Å². The van der Waals surface area contributed by atoms with Crippen LogP contribution in [0.5, 0.6) is 0 Å². The first-order valence-electron chi connectivity index (χ1n) is 7.90. The van der Waals surface area contributed by atoms with E-state index in [0.29, 0.717) is 0 Å². The van der Waals surface area contributed by atoms with E-state index in [-0.39, 0.29) is 5.92 Å². The first kappa shape index (κ1) is 15.5. The van der Waals surface area contributed by atoms with E-state index in [4.69, 9.17) is 21.6 Å². The predicted octanol–water partition coefficient (Wildman–Crippen LogP) is 3.65. The van der Waals surface area contributed by atoms with Crippen LogP contribution in [0, 0.1) is 5.92 Å². The van der Waals surface area contributed by atoms with E-state index in [1.165, 1.54) is 0 Å². The van der Waals surface area contributed by atoms with Gasteiger partial charge in [0.25, 0.3) is 0 Å². The van der Waals surface area contributed by atoms with Crippen molar-refractivity contribution in [2.75, 3.05) is 26.2 Å². The van der Waals surface area contributed by atoms with Crippen LogP contribution in [0.2, 0.25) is 0 Å². The third-order valence-corrected chi connectivity index (χ3v) is 5.73. The summed E-state index contributed by atoms with van der Waals surface area (Å²) in [4.78, 5) is 11.3. The van der Waals surface area contributed by atoms with Crippen molar-refractivity contribution in [1.29, 1.82) is 0 Å². The molecule has 1 aliphatic carbocycles. The Morgan fingerprint density at radius 2 is 2.09 bits per heavy atom. The Bertz CT molecular complexity index is 709. The Balaban J connectivity index is 1.75. The zero-order chi connectivity index (χ0) is 15.9. The lowest BCUT2D eigenvalue weighted by Crippen LogP contribution is -2.58. The largest absolute Gasteiger partial charge is 0.314 e. The lowest BCUT2D eigenvalue weighted by atomic mass is 9.86. The molecule has 2 unspecified atom stereocenters. The molecule has 0 saturated carbocycles. The molecular weight excluding hydrogens is 376 g/mol. The van der Waals surface area contributed by atoms with Crippen molar-refractivity contribution in [1.82, 2.24) is 10.2 Å². The Labute approximate surface area is 149 Å². The summed E-state index contributed by atoms with van der Waals surface area (Å²) >= 11 is 10.6. The summed E-state index contributed by atoms with van der Waals surface area (Å²) in [6.45, 7) is 3.80. The first-order valence-corrected chi connectivity index (χ1v) is 9.07. The van der Waals surface area contributed by atoms with Gasteiger partial charge in [0.2, 0.25) is 0 Å². The van der Waals surface area contributed by atoms with Gasteiger partial charge >= 0.3 is 0 Å². The summed E-state index contributed by atoms with van der Waals surface area (Å²) < 4.78 is 1.01. The maximum atomic E-state index is 7.10. The molecule has 23 heavy (non-hydrogen) atoms. The number of benzene rings is 1. The molecule has 0 amide bonds. The van der Waals surface area contributed by atoms with E-state index < -0.39 is 5.00 Å². The topological polar surface area (TPSA) is 40.0 Å². The molecule has 2 heterocycles. The number of nitrogens with zero attached hydrogens (tertiary/aromatic N) is 3. The summed E-state index contributed by atoms with van der Waals surface area (Å²) in [5, 5.41) is 3.38. The van der Waals surface area contributed by atoms with Crippen LogP contribution in [0.15, 0.2) is 44.8 Å². The average Bonchev–Trinajstić information content (AvgIpc) is 2.75. The molecule has 0 bridgehead atoms. The van der Waals surface area contributed by atoms with Crippen molar-refractivity contribution in [2.45, 2.75) is 11.4 Å². The molecule has 4 rings (SSSR count). The second kappa shape index (κ2) is 6.13. The zero-order valence-electron chi connectivity index (χ0n) is 12.7. The van der Waals surface area contributed by atoms with E-state index in [0.717, 1.165) is 54.2 Å². The summed E-state index contributed by atoms with van der Waals surface area (Å²) in [5.41, 5.74) is 2.89. The van der Waals surface area contributed by atoms with Crippen LogP contribution in [-0.2, 0) is 0 Å². The van der Waals surface area contributed by atoms with Gasteiger partial charge in [-0.15, -0.1) is 0 Å². The monoisotopic (exact) mass is 392 g/mol. The predicted molar refractivity (Wildman–Crippen MR) is 99.7 cm³/mol. The molecule has 0 aromatic heterocycles. The molecule has 1 saturated heterocycles.